The van der Waals surface area contributed by atoms with Crippen LogP contribution in [-0.4, -0.2) is 22.9 Å². The Balaban J connectivity index is 1.69. The van der Waals surface area contributed by atoms with E-state index >= 15 is 0 Å². The number of benzene rings is 1. The van der Waals surface area contributed by atoms with Gasteiger partial charge < -0.3 is 14.5 Å². The number of aromatic nitrogens is 1. The maximum Gasteiger partial charge on any atom is 0.329 e. The lowest BCUT2D eigenvalue weighted by atomic mass is 10.0. The Kier molecular flexibility index (Phi) is 5.76. The second-order valence-corrected chi connectivity index (χ2v) is 6.77. The quantitative estimate of drug-likeness (QED) is 0.512. The van der Waals surface area contributed by atoms with Gasteiger partial charge in [0.15, 0.2) is 5.76 Å². The van der Waals surface area contributed by atoms with Gasteiger partial charge in [0.1, 0.15) is 17.8 Å². The summed E-state index contributed by atoms with van der Waals surface area (Å²) in [4.78, 5) is 29.0. The van der Waals surface area contributed by atoms with Crippen molar-refractivity contribution in [2.24, 2.45) is 5.92 Å². The summed E-state index contributed by atoms with van der Waals surface area (Å²) in [7, 11) is 0. The van der Waals surface area contributed by atoms with Crippen LogP contribution in [0.4, 0.5) is 0 Å². The van der Waals surface area contributed by atoms with Crippen molar-refractivity contribution in [3.8, 4) is 0 Å². The van der Waals surface area contributed by atoms with E-state index in [4.69, 9.17) is 20.8 Å². The minimum atomic E-state index is -0.810. The van der Waals surface area contributed by atoms with E-state index < -0.39 is 17.9 Å². The molecule has 0 saturated carbocycles. The SMILES string of the molecule is CC(C)[C@H](NC(=O)c1ccco1)C(=O)OCc1cc2ccccc2nc1Cl. The van der Waals surface area contributed by atoms with Crippen LogP contribution < -0.4 is 5.32 Å². The second kappa shape index (κ2) is 8.22. The molecule has 2 aromatic heterocycles. The molecule has 1 amide bonds. The molecule has 0 radical (unpaired) electrons. The van der Waals surface area contributed by atoms with Crippen molar-refractivity contribution < 1.29 is 18.7 Å². The molecule has 6 nitrogen and oxygen atoms in total. The monoisotopic (exact) mass is 386 g/mol. The van der Waals surface area contributed by atoms with Gasteiger partial charge in [0.2, 0.25) is 0 Å². The van der Waals surface area contributed by atoms with Crippen LogP contribution in [0.1, 0.15) is 30.0 Å². The fourth-order valence-electron chi connectivity index (χ4n) is 2.59. The van der Waals surface area contributed by atoms with Gasteiger partial charge in [-0.05, 0) is 30.2 Å². The Morgan fingerprint density at radius 3 is 2.70 bits per heavy atom. The first-order valence-corrected chi connectivity index (χ1v) is 8.88. The molecule has 0 aliphatic heterocycles. The number of hydrogen-bond donors (Lipinski definition) is 1. The van der Waals surface area contributed by atoms with E-state index in [1.807, 2.05) is 44.2 Å². The number of halogens is 1. The van der Waals surface area contributed by atoms with E-state index in [9.17, 15) is 9.59 Å². The third-order valence-corrected chi connectivity index (χ3v) is 4.40. The first-order valence-electron chi connectivity index (χ1n) is 8.51. The van der Waals surface area contributed by atoms with Crippen molar-refractivity contribution in [3.05, 3.63) is 65.2 Å². The molecule has 1 N–H and O–H groups in total. The number of carbonyl (C=O) groups is 2. The summed E-state index contributed by atoms with van der Waals surface area (Å²) in [6.07, 6.45) is 1.40. The molecule has 0 aliphatic carbocycles. The maximum absolute atomic E-state index is 12.5. The van der Waals surface area contributed by atoms with Gasteiger partial charge >= 0.3 is 5.97 Å². The van der Waals surface area contributed by atoms with Crippen LogP contribution >= 0.6 is 11.6 Å². The van der Waals surface area contributed by atoms with Crippen LogP contribution in [0.5, 0.6) is 0 Å². The number of amides is 1. The number of fused-ring (bicyclic) bond motifs is 1. The van der Waals surface area contributed by atoms with Crippen LogP contribution in [0.25, 0.3) is 10.9 Å². The lowest BCUT2D eigenvalue weighted by molar-refractivity contribution is -0.148. The summed E-state index contributed by atoms with van der Waals surface area (Å²) in [6.45, 7) is 3.60. The molecular formula is C20H19ClN2O4. The predicted molar refractivity (Wildman–Crippen MR) is 101 cm³/mol. The van der Waals surface area contributed by atoms with Gasteiger partial charge in [0.25, 0.3) is 5.91 Å². The highest BCUT2D eigenvalue weighted by atomic mass is 35.5. The van der Waals surface area contributed by atoms with Gasteiger partial charge in [-0.15, -0.1) is 0 Å². The van der Waals surface area contributed by atoms with Crippen LogP contribution in [0.15, 0.2) is 53.1 Å². The average Bonchev–Trinajstić information content (AvgIpc) is 3.18. The fourth-order valence-corrected chi connectivity index (χ4v) is 2.79. The number of esters is 1. The number of hydrogen-bond acceptors (Lipinski definition) is 5. The zero-order valence-electron chi connectivity index (χ0n) is 14.9. The summed E-state index contributed by atoms with van der Waals surface area (Å²) in [5.41, 5.74) is 1.37. The molecule has 2 heterocycles. The summed E-state index contributed by atoms with van der Waals surface area (Å²) in [5.74, 6) is -1.05. The lowest BCUT2D eigenvalue weighted by Crippen LogP contribution is -2.45. The Morgan fingerprint density at radius 1 is 1.22 bits per heavy atom. The molecule has 0 saturated heterocycles. The number of carbonyl (C=O) groups excluding carboxylic acids is 2. The van der Waals surface area contributed by atoms with Gasteiger partial charge in [-0.25, -0.2) is 9.78 Å². The van der Waals surface area contributed by atoms with Gasteiger partial charge in [-0.3, -0.25) is 4.79 Å². The van der Waals surface area contributed by atoms with E-state index in [2.05, 4.69) is 10.3 Å². The van der Waals surface area contributed by atoms with Crippen LogP contribution in [0, 0.1) is 5.92 Å². The van der Waals surface area contributed by atoms with Crippen LogP contribution in [0.2, 0.25) is 5.15 Å². The number of nitrogens with zero attached hydrogens (tertiary/aromatic N) is 1. The smallest absolute Gasteiger partial charge is 0.329 e. The molecule has 0 bridgehead atoms. The molecule has 7 heteroatoms. The minimum absolute atomic E-state index is 0.0324. The zero-order chi connectivity index (χ0) is 19.4. The largest absolute Gasteiger partial charge is 0.459 e. The summed E-state index contributed by atoms with van der Waals surface area (Å²) in [5, 5.41) is 3.83. The van der Waals surface area contributed by atoms with Gasteiger partial charge in [0.05, 0.1) is 11.8 Å². The average molecular weight is 387 g/mol. The Morgan fingerprint density at radius 2 is 2.00 bits per heavy atom. The van der Waals surface area contributed by atoms with Crippen LogP contribution in [-0.2, 0) is 16.1 Å². The molecule has 0 unspecified atom stereocenters. The number of rotatable bonds is 6. The normalized spacial score (nSPS) is 12.1. The van der Waals surface area contributed by atoms with Gasteiger partial charge in [0, 0.05) is 10.9 Å². The molecule has 3 rings (SSSR count). The Bertz CT molecular complexity index is 954. The molecule has 1 atom stereocenters. The van der Waals surface area contributed by atoms with Crippen molar-refractivity contribution in [1.82, 2.24) is 10.3 Å². The van der Waals surface area contributed by atoms with E-state index in [0.29, 0.717) is 5.56 Å². The highest BCUT2D eigenvalue weighted by Crippen LogP contribution is 2.21. The Labute approximate surface area is 161 Å². The molecule has 27 heavy (non-hydrogen) atoms. The van der Waals surface area contributed by atoms with Crippen LogP contribution in [0.3, 0.4) is 0 Å². The first kappa shape index (κ1) is 18.9. The van der Waals surface area contributed by atoms with Crippen molar-refractivity contribution in [3.63, 3.8) is 0 Å². The molecule has 0 fully saturated rings. The lowest BCUT2D eigenvalue weighted by Gasteiger charge is -2.20. The third kappa shape index (κ3) is 4.46. The van der Waals surface area contributed by atoms with E-state index in [1.54, 1.807) is 6.07 Å². The van der Waals surface area contributed by atoms with E-state index in [1.165, 1.54) is 12.3 Å². The molecule has 140 valence electrons. The summed E-state index contributed by atoms with van der Waals surface area (Å²) >= 11 is 6.20. The highest BCUT2D eigenvalue weighted by Gasteiger charge is 2.27. The van der Waals surface area contributed by atoms with Crippen molar-refractivity contribution in [2.45, 2.75) is 26.5 Å². The summed E-state index contributed by atoms with van der Waals surface area (Å²) in [6, 6.07) is 11.7. The number of pyridine rings is 1. The number of nitrogens with one attached hydrogen (secondary N) is 1. The standard InChI is InChI=1S/C20H19ClN2O4/c1-12(2)17(23-19(24)16-8-5-9-26-16)20(25)27-11-14-10-13-6-3-4-7-15(13)22-18(14)21/h3-10,12,17H,11H2,1-2H3,(H,23,24)/t17-/m0/s1. The second-order valence-electron chi connectivity index (χ2n) is 6.41. The summed E-state index contributed by atoms with van der Waals surface area (Å²) < 4.78 is 10.4. The minimum Gasteiger partial charge on any atom is -0.459 e. The third-order valence-electron chi connectivity index (χ3n) is 4.07. The zero-order valence-corrected chi connectivity index (χ0v) is 15.7. The maximum atomic E-state index is 12.5. The molecular weight excluding hydrogens is 368 g/mol. The van der Waals surface area contributed by atoms with Crippen molar-refractivity contribution in [2.75, 3.05) is 0 Å². The van der Waals surface area contributed by atoms with Crippen molar-refractivity contribution >= 4 is 34.4 Å². The molecule has 3 aromatic rings. The molecule has 1 aromatic carbocycles. The number of ether oxygens (including phenoxy) is 1. The van der Waals surface area contributed by atoms with Gasteiger partial charge in [-0.2, -0.15) is 0 Å². The van der Waals surface area contributed by atoms with Gasteiger partial charge in [-0.1, -0.05) is 43.6 Å². The number of para-hydroxylation sites is 1. The number of furan rings is 1. The topological polar surface area (TPSA) is 81.4 Å². The fraction of sp³-hybridized carbons (Fsp3) is 0.250. The molecule has 0 aliphatic rings. The van der Waals surface area contributed by atoms with E-state index in [0.717, 1.165) is 10.9 Å². The predicted octanol–water partition coefficient (Wildman–Crippen LogP) is 3.98. The van der Waals surface area contributed by atoms with Crippen molar-refractivity contribution in [1.29, 1.82) is 0 Å². The highest BCUT2D eigenvalue weighted by molar-refractivity contribution is 6.30. The Hall–Kier alpha value is -2.86. The first-order chi connectivity index (χ1) is 13.0. The molecule has 0 spiro atoms. The van der Waals surface area contributed by atoms with E-state index in [-0.39, 0.29) is 23.4 Å².